The highest BCUT2D eigenvalue weighted by Crippen LogP contribution is 2.33. The zero-order chi connectivity index (χ0) is 17.8. The Morgan fingerprint density at radius 3 is 2.62 bits per heavy atom. The van der Waals surface area contributed by atoms with Crippen molar-refractivity contribution in [3.8, 4) is 0 Å². The number of hydrogen-bond donors (Lipinski definition) is 0. The Kier molecular flexibility index (Phi) is 5.16. The molecule has 1 amide bonds. The Morgan fingerprint density at radius 2 is 1.81 bits per heavy atom. The van der Waals surface area contributed by atoms with Gasteiger partial charge in [-0.25, -0.2) is 0 Å². The van der Waals surface area contributed by atoms with Gasteiger partial charge in [0, 0.05) is 30.3 Å². The molecule has 0 saturated heterocycles. The normalized spacial score (nSPS) is 16.3. The molecule has 0 radical (unpaired) electrons. The number of nitrogens with zero attached hydrogens (tertiary/aromatic N) is 1. The second-order valence-corrected chi connectivity index (χ2v) is 7.90. The number of thiophene rings is 1. The Balaban J connectivity index is 1.48. The molecule has 3 heteroatoms. The van der Waals surface area contributed by atoms with Gasteiger partial charge in [0.2, 0.25) is 5.91 Å². The molecule has 0 saturated carbocycles. The number of benzene rings is 2. The van der Waals surface area contributed by atoms with Crippen LogP contribution in [0.15, 0.2) is 72.1 Å². The second-order valence-electron chi connectivity index (χ2n) is 6.87. The van der Waals surface area contributed by atoms with E-state index in [4.69, 9.17) is 0 Å². The molecule has 26 heavy (non-hydrogen) atoms. The van der Waals surface area contributed by atoms with E-state index in [1.165, 1.54) is 21.6 Å². The summed E-state index contributed by atoms with van der Waals surface area (Å²) in [6, 6.07) is 23.3. The molecule has 1 aromatic heterocycles. The highest BCUT2D eigenvalue weighted by molar-refractivity contribution is 7.09. The lowest BCUT2D eigenvalue weighted by Gasteiger charge is -2.35. The number of fused-ring (bicyclic) bond motifs is 1. The first kappa shape index (κ1) is 17.0. The first-order valence-corrected chi connectivity index (χ1v) is 10.1. The van der Waals surface area contributed by atoms with Crippen LogP contribution in [0.3, 0.4) is 0 Å². The summed E-state index contributed by atoms with van der Waals surface area (Å²) in [4.78, 5) is 16.3. The smallest absolute Gasteiger partial charge is 0.222 e. The van der Waals surface area contributed by atoms with Gasteiger partial charge in [-0.15, -0.1) is 11.3 Å². The summed E-state index contributed by atoms with van der Waals surface area (Å²) in [5.41, 5.74) is 3.93. The third-order valence-electron chi connectivity index (χ3n) is 5.14. The molecule has 1 atom stereocenters. The van der Waals surface area contributed by atoms with Gasteiger partial charge in [-0.2, -0.15) is 0 Å². The van der Waals surface area contributed by atoms with Crippen molar-refractivity contribution in [3.63, 3.8) is 0 Å². The fourth-order valence-corrected chi connectivity index (χ4v) is 4.55. The van der Waals surface area contributed by atoms with Crippen molar-refractivity contribution in [3.05, 3.63) is 93.7 Å². The second kappa shape index (κ2) is 7.88. The van der Waals surface area contributed by atoms with Gasteiger partial charge in [-0.1, -0.05) is 60.7 Å². The number of aryl methyl sites for hydroxylation is 1. The van der Waals surface area contributed by atoms with Crippen LogP contribution in [-0.4, -0.2) is 17.4 Å². The van der Waals surface area contributed by atoms with Gasteiger partial charge in [0.1, 0.15) is 0 Å². The molecule has 4 rings (SSSR count). The molecule has 0 bridgehead atoms. The minimum atomic E-state index is 0.266. The van der Waals surface area contributed by atoms with E-state index in [1.807, 2.05) is 6.07 Å². The van der Waals surface area contributed by atoms with Crippen LogP contribution in [0.4, 0.5) is 0 Å². The summed E-state index contributed by atoms with van der Waals surface area (Å²) in [6.07, 6.45) is 2.55. The van der Waals surface area contributed by atoms with Crippen molar-refractivity contribution >= 4 is 17.2 Å². The summed E-state index contributed by atoms with van der Waals surface area (Å²) < 4.78 is 0. The van der Waals surface area contributed by atoms with Crippen LogP contribution in [0.25, 0.3) is 0 Å². The summed E-state index contributed by atoms with van der Waals surface area (Å²) in [5, 5.41) is 2.10. The van der Waals surface area contributed by atoms with E-state index in [2.05, 4.69) is 70.9 Å². The van der Waals surface area contributed by atoms with Gasteiger partial charge < -0.3 is 4.90 Å². The number of carbonyl (C=O) groups is 1. The predicted molar refractivity (Wildman–Crippen MR) is 107 cm³/mol. The third kappa shape index (κ3) is 3.73. The molecular weight excluding hydrogens is 338 g/mol. The first-order chi connectivity index (χ1) is 12.8. The molecule has 0 fully saturated rings. The van der Waals surface area contributed by atoms with Crippen LogP contribution in [0.5, 0.6) is 0 Å². The number of hydrogen-bond acceptors (Lipinski definition) is 2. The number of carbonyl (C=O) groups excluding carboxylic acids is 1. The van der Waals surface area contributed by atoms with Crippen molar-refractivity contribution in [1.82, 2.24) is 4.90 Å². The fourth-order valence-electron chi connectivity index (χ4n) is 3.79. The maximum atomic E-state index is 12.8. The van der Waals surface area contributed by atoms with Crippen molar-refractivity contribution in [2.24, 2.45) is 0 Å². The zero-order valence-corrected chi connectivity index (χ0v) is 15.6. The molecule has 0 aliphatic carbocycles. The molecule has 1 aliphatic heterocycles. The minimum Gasteiger partial charge on any atom is -0.337 e. The maximum absolute atomic E-state index is 12.8. The standard InChI is InChI=1S/C23H23NOS/c25-23(14-6-11-20-12-7-15-26-20)24-16-19-10-4-5-13-21(19)22(17-24)18-8-2-1-3-9-18/h1-5,7-10,12-13,15,22H,6,11,14,16-17H2/t22-/m0/s1. The SMILES string of the molecule is O=C(CCCc1cccs1)N1Cc2ccccc2[C@H](c2ccccc2)C1. The predicted octanol–water partition coefficient (Wildman–Crippen LogP) is 5.25. The Hall–Kier alpha value is -2.39. The number of rotatable bonds is 5. The third-order valence-corrected chi connectivity index (χ3v) is 6.08. The van der Waals surface area contributed by atoms with Gasteiger partial charge in [0.05, 0.1) is 0 Å². The van der Waals surface area contributed by atoms with Gasteiger partial charge in [0.25, 0.3) is 0 Å². The van der Waals surface area contributed by atoms with Crippen molar-refractivity contribution in [1.29, 1.82) is 0 Å². The molecule has 2 heterocycles. The monoisotopic (exact) mass is 361 g/mol. The van der Waals surface area contributed by atoms with Crippen LogP contribution in [0, 0.1) is 0 Å². The average Bonchev–Trinajstić information content (AvgIpc) is 3.21. The molecule has 2 nitrogen and oxygen atoms in total. The topological polar surface area (TPSA) is 20.3 Å². The summed E-state index contributed by atoms with van der Waals surface area (Å²) >= 11 is 1.77. The molecular formula is C23H23NOS. The van der Waals surface area contributed by atoms with E-state index in [0.717, 1.165) is 25.9 Å². The van der Waals surface area contributed by atoms with E-state index in [1.54, 1.807) is 11.3 Å². The van der Waals surface area contributed by atoms with Gasteiger partial charge in [-0.05, 0) is 41.0 Å². The van der Waals surface area contributed by atoms with Crippen LogP contribution in [-0.2, 0) is 17.8 Å². The van der Waals surface area contributed by atoms with Crippen molar-refractivity contribution in [2.75, 3.05) is 6.54 Å². The van der Waals surface area contributed by atoms with Crippen LogP contribution in [0.1, 0.15) is 40.3 Å². The molecule has 1 aliphatic rings. The van der Waals surface area contributed by atoms with Gasteiger partial charge in [0.15, 0.2) is 0 Å². The Morgan fingerprint density at radius 1 is 1.00 bits per heavy atom. The van der Waals surface area contributed by atoms with Crippen LogP contribution < -0.4 is 0 Å². The summed E-state index contributed by atoms with van der Waals surface area (Å²) in [6.45, 7) is 1.51. The van der Waals surface area contributed by atoms with Crippen LogP contribution in [0.2, 0.25) is 0 Å². The zero-order valence-electron chi connectivity index (χ0n) is 14.8. The van der Waals surface area contributed by atoms with E-state index in [-0.39, 0.29) is 11.8 Å². The Bertz CT molecular complexity index is 857. The van der Waals surface area contributed by atoms with Gasteiger partial charge >= 0.3 is 0 Å². The number of amides is 1. The summed E-state index contributed by atoms with van der Waals surface area (Å²) in [5.74, 6) is 0.541. The minimum absolute atomic E-state index is 0.266. The van der Waals surface area contributed by atoms with Crippen LogP contribution >= 0.6 is 11.3 Å². The van der Waals surface area contributed by atoms with Gasteiger partial charge in [-0.3, -0.25) is 4.79 Å². The van der Waals surface area contributed by atoms with E-state index >= 15 is 0 Å². The highest BCUT2D eigenvalue weighted by atomic mass is 32.1. The summed E-state index contributed by atoms with van der Waals surface area (Å²) in [7, 11) is 0. The maximum Gasteiger partial charge on any atom is 0.222 e. The molecule has 132 valence electrons. The average molecular weight is 362 g/mol. The first-order valence-electron chi connectivity index (χ1n) is 9.24. The van der Waals surface area contributed by atoms with E-state index < -0.39 is 0 Å². The van der Waals surface area contributed by atoms with E-state index in [0.29, 0.717) is 6.42 Å². The lowest BCUT2D eigenvalue weighted by atomic mass is 9.84. The quantitative estimate of drug-likeness (QED) is 0.608. The van der Waals surface area contributed by atoms with E-state index in [9.17, 15) is 4.79 Å². The highest BCUT2D eigenvalue weighted by Gasteiger charge is 2.28. The lowest BCUT2D eigenvalue weighted by molar-refractivity contribution is -0.132. The lowest BCUT2D eigenvalue weighted by Crippen LogP contribution is -2.38. The fraction of sp³-hybridized carbons (Fsp3) is 0.261. The van der Waals surface area contributed by atoms with Crippen molar-refractivity contribution < 1.29 is 4.79 Å². The largest absolute Gasteiger partial charge is 0.337 e. The molecule has 2 aromatic carbocycles. The van der Waals surface area contributed by atoms with Crippen molar-refractivity contribution in [2.45, 2.75) is 31.7 Å². The Labute approximate surface area is 159 Å². The molecule has 0 unspecified atom stereocenters. The molecule has 0 N–H and O–H groups in total. The molecule has 0 spiro atoms. The molecule has 3 aromatic rings.